The fourth-order valence-corrected chi connectivity index (χ4v) is 2.26. The summed E-state index contributed by atoms with van der Waals surface area (Å²) in [4.78, 5) is 0. The molecule has 0 atom stereocenters. The van der Waals surface area contributed by atoms with Crippen LogP contribution in [0.15, 0.2) is 16.5 Å². The van der Waals surface area contributed by atoms with Crippen LogP contribution in [0.3, 0.4) is 0 Å². The lowest BCUT2D eigenvalue weighted by molar-refractivity contribution is 0.506. The topological polar surface area (TPSA) is 43.0 Å². The predicted molar refractivity (Wildman–Crippen MR) is 72.5 cm³/mol. The Morgan fingerprint density at radius 2 is 2.11 bits per heavy atom. The second kappa shape index (κ2) is 5.40. The van der Waals surface area contributed by atoms with Gasteiger partial charge < -0.3 is 9.73 Å². The van der Waals surface area contributed by atoms with Crippen molar-refractivity contribution in [3.05, 3.63) is 29.3 Å². The van der Waals surface area contributed by atoms with E-state index < -0.39 is 0 Å². The quantitative estimate of drug-likeness (QED) is 0.883. The highest BCUT2D eigenvalue weighted by molar-refractivity contribution is 5.63. The molecule has 4 heteroatoms. The molecule has 1 N–H and O–H groups in total. The highest BCUT2D eigenvalue weighted by Crippen LogP contribution is 2.28. The van der Waals surface area contributed by atoms with Crippen molar-refractivity contribution in [1.82, 2.24) is 15.1 Å². The van der Waals surface area contributed by atoms with E-state index in [9.17, 15) is 0 Å². The molecule has 4 nitrogen and oxygen atoms in total. The Balaban J connectivity index is 2.36. The molecule has 2 aromatic heterocycles. The monoisotopic (exact) mass is 247 g/mol. The van der Waals surface area contributed by atoms with E-state index in [2.05, 4.69) is 28.9 Å². The van der Waals surface area contributed by atoms with Gasteiger partial charge in [-0.3, -0.25) is 4.68 Å². The van der Waals surface area contributed by atoms with Crippen LogP contribution in [0.1, 0.15) is 30.5 Å². The number of nitrogens with zero attached hydrogens (tertiary/aromatic N) is 2. The largest absolute Gasteiger partial charge is 0.460 e. The molecular formula is C14H21N3O. The zero-order valence-electron chi connectivity index (χ0n) is 11.6. The van der Waals surface area contributed by atoms with Crippen LogP contribution in [0.5, 0.6) is 0 Å². The summed E-state index contributed by atoms with van der Waals surface area (Å²) in [5.41, 5.74) is 3.34. The first-order valence-electron chi connectivity index (χ1n) is 6.45. The first-order chi connectivity index (χ1) is 8.67. The summed E-state index contributed by atoms with van der Waals surface area (Å²) in [6, 6.07) is 4.04. The van der Waals surface area contributed by atoms with Crippen LogP contribution in [0.4, 0.5) is 0 Å². The number of rotatable bonds is 5. The summed E-state index contributed by atoms with van der Waals surface area (Å²) in [6.07, 6.45) is 1.09. The Morgan fingerprint density at radius 1 is 1.33 bits per heavy atom. The minimum Gasteiger partial charge on any atom is -0.460 e. The lowest BCUT2D eigenvalue weighted by Crippen LogP contribution is -2.03. The minimum absolute atomic E-state index is 0.751. The van der Waals surface area contributed by atoms with Gasteiger partial charge in [-0.15, -0.1) is 0 Å². The van der Waals surface area contributed by atoms with Crippen LogP contribution < -0.4 is 5.32 Å². The normalized spacial score (nSPS) is 11.1. The van der Waals surface area contributed by atoms with Gasteiger partial charge in [0.05, 0.1) is 17.8 Å². The summed E-state index contributed by atoms with van der Waals surface area (Å²) in [6.45, 7) is 8.01. The third-order valence-corrected chi connectivity index (χ3v) is 3.08. The van der Waals surface area contributed by atoms with Crippen molar-refractivity contribution < 1.29 is 4.42 Å². The summed E-state index contributed by atoms with van der Waals surface area (Å²) >= 11 is 0. The molecule has 2 aromatic rings. The van der Waals surface area contributed by atoms with Crippen LogP contribution in [0.25, 0.3) is 11.3 Å². The fraction of sp³-hybridized carbons (Fsp3) is 0.500. The van der Waals surface area contributed by atoms with Gasteiger partial charge >= 0.3 is 0 Å². The molecule has 0 bridgehead atoms. The molecule has 0 aromatic carbocycles. The van der Waals surface area contributed by atoms with Gasteiger partial charge in [0.1, 0.15) is 11.5 Å². The number of nitrogens with one attached hydrogen (secondary N) is 1. The Bertz CT molecular complexity index is 525. The zero-order chi connectivity index (χ0) is 13.1. The van der Waals surface area contributed by atoms with Crippen molar-refractivity contribution in [2.45, 2.75) is 40.3 Å². The smallest absolute Gasteiger partial charge is 0.138 e. The molecule has 0 spiro atoms. The van der Waals surface area contributed by atoms with Gasteiger partial charge in [0.15, 0.2) is 0 Å². The third kappa shape index (κ3) is 2.34. The van der Waals surface area contributed by atoms with Gasteiger partial charge in [0.2, 0.25) is 0 Å². The maximum Gasteiger partial charge on any atom is 0.138 e. The van der Waals surface area contributed by atoms with E-state index in [0.29, 0.717) is 0 Å². The van der Waals surface area contributed by atoms with Crippen molar-refractivity contribution in [2.75, 3.05) is 7.05 Å². The predicted octanol–water partition coefficient (Wildman–Crippen LogP) is 2.89. The number of furan rings is 1. The molecule has 2 rings (SSSR count). The van der Waals surface area contributed by atoms with Gasteiger partial charge in [-0.1, -0.05) is 6.92 Å². The van der Waals surface area contributed by atoms with Gasteiger partial charge in [0, 0.05) is 12.2 Å². The first-order valence-corrected chi connectivity index (χ1v) is 6.45. The summed E-state index contributed by atoms with van der Waals surface area (Å²) in [5, 5.41) is 7.66. The molecule has 0 amide bonds. The zero-order valence-corrected chi connectivity index (χ0v) is 11.6. The van der Waals surface area contributed by atoms with Gasteiger partial charge in [-0.25, -0.2) is 0 Å². The molecule has 0 fully saturated rings. The van der Waals surface area contributed by atoms with Crippen LogP contribution in [0, 0.1) is 13.8 Å². The Hall–Kier alpha value is -1.55. The van der Waals surface area contributed by atoms with E-state index in [1.165, 1.54) is 5.69 Å². The molecule has 0 unspecified atom stereocenters. The molecule has 0 aliphatic carbocycles. The number of hydrogen-bond acceptors (Lipinski definition) is 3. The highest BCUT2D eigenvalue weighted by Gasteiger charge is 2.16. The van der Waals surface area contributed by atoms with E-state index in [1.807, 2.05) is 26.1 Å². The standard InChI is InChI=1S/C14H21N3O/c1-5-8-17-11(3)14(10(2)16-17)13-7-6-12(18-13)9-15-4/h6-7,15H,5,8-9H2,1-4H3. The number of hydrogen-bond donors (Lipinski definition) is 1. The highest BCUT2D eigenvalue weighted by atomic mass is 16.3. The van der Waals surface area contributed by atoms with E-state index in [0.717, 1.165) is 42.3 Å². The number of aromatic nitrogens is 2. The third-order valence-electron chi connectivity index (χ3n) is 3.08. The molecule has 0 aliphatic rings. The lowest BCUT2D eigenvalue weighted by Gasteiger charge is -2.02. The van der Waals surface area contributed by atoms with Crippen molar-refractivity contribution in [1.29, 1.82) is 0 Å². The number of aryl methyl sites for hydroxylation is 2. The molecule has 0 aliphatic heterocycles. The minimum atomic E-state index is 0.751. The Labute approximate surface area is 108 Å². The molecular weight excluding hydrogens is 226 g/mol. The summed E-state index contributed by atoms with van der Waals surface area (Å²) in [5.74, 6) is 1.87. The van der Waals surface area contributed by atoms with Crippen molar-refractivity contribution in [2.24, 2.45) is 0 Å². The molecule has 2 heterocycles. The lowest BCUT2D eigenvalue weighted by atomic mass is 10.1. The van der Waals surface area contributed by atoms with Gasteiger partial charge in [-0.2, -0.15) is 5.10 Å². The molecule has 18 heavy (non-hydrogen) atoms. The average Bonchev–Trinajstić information content (AvgIpc) is 2.87. The van der Waals surface area contributed by atoms with Gasteiger partial charge in [-0.05, 0) is 39.4 Å². The first kappa shape index (κ1) is 12.9. The van der Waals surface area contributed by atoms with E-state index >= 15 is 0 Å². The van der Waals surface area contributed by atoms with Crippen LogP contribution in [-0.2, 0) is 13.1 Å². The van der Waals surface area contributed by atoms with Gasteiger partial charge in [0.25, 0.3) is 0 Å². The maximum absolute atomic E-state index is 5.85. The summed E-state index contributed by atoms with van der Waals surface area (Å²) < 4.78 is 7.91. The Kier molecular flexibility index (Phi) is 3.87. The van der Waals surface area contributed by atoms with Crippen molar-refractivity contribution >= 4 is 0 Å². The molecule has 0 saturated carbocycles. The second-order valence-corrected chi connectivity index (χ2v) is 4.57. The maximum atomic E-state index is 5.85. The van der Waals surface area contributed by atoms with Crippen LogP contribution in [0.2, 0.25) is 0 Å². The van der Waals surface area contributed by atoms with Crippen LogP contribution >= 0.6 is 0 Å². The fourth-order valence-electron chi connectivity index (χ4n) is 2.26. The molecule has 0 radical (unpaired) electrons. The van der Waals surface area contributed by atoms with Crippen LogP contribution in [-0.4, -0.2) is 16.8 Å². The van der Waals surface area contributed by atoms with E-state index in [1.54, 1.807) is 0 Å². The van der Waals surface area contributed by atoms with Crippen molar-refractivity contribution in [3.8, 4) is 11.3 Å². The SMILES string of the molecule is CCCn1nc(C)c(-c2ccc(CNC)o2)c1C. The second-order valence-electron chi connectivity index (χ2n) is 4.57. The van der Waals surface area contributed by atoms with E-state index in [4.69, 9.17) is 4.42 Å². The van der Waals surface area contributed by atoms with E-state index in [-0.39, 0.29) is 0 Å². The molecule has 98 valence electrons. The average molecular weight is 247 g/mol. The molecule has 0 saturated heterocycles. The Morgan fingerprint density at radius 3 is 2.78 bits per heavy atom. The van der Waals surface area contributed by atoms with Crippen molar-refractivity contribution in [3.63, 3.8) is 0 Å². The summed E-state index contributed by atoms with van der Waals surface area (Å²) in [7, 11) is 1.91.